The van der Waals surface area contributed by atoms with Crippen molar-refractivity contribution in [1.29, 1.82) is 0 Å². The third kappa shape index (κ3) is 24.6. The summed E-state index contributed by atoms with van der Waals surface area (Å²) in [5, 5.41) is 16.2. The minimum atomic E-state index is -2.73. The number of methoxy groups -OCH3 is 1. The minimum Gasteiger partial charge on any atom is -0.497 e. The van der Waals surface area contributed by atoms with E-state index in [-0.39, 0.29) is 36.4 Å². The Labute approximate surface area is 530 Å². The Balaban J connectivity index is 0.000000545. The normalized spacial score (nSPS) is 14.0. The van der Waals surface area contributed by atoms with Crippen molar-refractivity contribution in [2.45, 2.75) is 83.0 Å². The molecule has 22 nitrogen and oxygen atoms in total. The van der Waals surface area contributed by atoms with Gasteiger partial charge in [0, 0.05) is 94.2 Å². The van der Waals surface area contributed by atoms with E-state index in [2.05, 4.69) is 49.8 Å². The fourth-order valence-corrected chi connectivity index (χ4v) is 10.6. The van der Waals surface area contributed by atoms with Crippen LogP contribution in [0.25, 0.3) is 0 Å². The Morgan fingerprint density at radius 3 is 2.17 bits per heavy atom. The first-order valence-corrected chi connectivity index (χ1v) is 31.5. The molecule has 2 saturated heterocycles. The second-order valence-electron chi connectivity index (χ2n) is 21.8. The van der Waals surface area contributed by atoms with Gasteiger partial charge in [0.05, 0.1) is 77.7 Å². The number of amides is 4. The molecule has 2 aliphatic heterocycles. The standard InChI is InChI=1S/C54H71F2N7O9.C11H16N4O2S/c1-61(26-32-69-35-34-68-29-22-46-40-62(60-59-46)27-33-70-36-37-72-50-19-13-45(57)14-20-50)25-3-4-28-71-49-17-8-41(9-18-49)12-21-51(64)63(47-23-30-67-31-24-47)52(43-6-5-7-44(38-43)53(55)56)54(65)58-39-42-10-15-48(66-2)16-11-42;1-14-2-4-15(5-3-14)10(17)6-9-7-18-11(13-9)12-8-16/h5-11,13-20,38,40,47,52-53H,3-4,12,21-37,39,57H2,1-2H3,(H,58,65);7-8H,2-6H2,1H3,(H,12,13,16). The molecule has 0 bridgehead atoms. The molecule has 2 aromatic heterocycles. The summed E-state index contributed by atoms with van der Waals surface area (Å²) in [6, 6.07) is 26.6. The van der Waals surface area contributed by atoms with Gasteiger partial charge in [-0.3, -0.25) is 19.2 Å². The monoisotopic (exact) mass is 1270 g/mol. The van der Waals surface area contributed by atoms with Gasteiger partial charge in [-0.1, -0.05) is 47.7 Å². The van der Waals surface area contributed by atoms with Gasteiger partial charge < -0.3 is 69.1 Å². The molecule has 0 aliphatic carbocycles. The number of nitrogens with zero attached hydrogens (tertiary/aromatic N) is 8. The number of anilines is 2. The number of piperazine rings is 1. The van der Waals surface area contributed by atoms with Crippen LogP contribution in [0.4, 0.5) is 19.6 Å². The number of halogens is 2. The molecular weight excluding hydrogens is 1180 g/mol. The van der Waals surface area contributed by atoms with Gasteiger partial charge in [0.15, 0.2) is 5.13 Å². The van der Waals surface area contributed by atoms with E-state index in [0.29, 0.717) is 139 Å². The molecule has 6 aromatic rings. The molecule has 488 valence electrons. The highest BCUT2D eigenvalue weighted by Gasteiger charge is 2.37. The van der Waals surface area contributed by atoms with E-state index in [4.69, 9.17) is 38.9 Å². The molecule has 4 aromatic carbocycles. The number of ether oxygens (including phenoxy) is 7. The predicted octanol–water partition coefficient (Wildman–Crippen LogP) is 7.29. The molecule has 2 fully saturated rings. The number of alkyl halides is 2. The van der Waals surface area contributed by atoms with Crippen molar-refractivity contribution in [2.24, 2.45) is 0 Å². The lowest BCUT2D eigenvalue weighted by atomic mass is 9.96. The van der Waals surface area contributed by atoms with E-state index in [1.807, 2.05) is 59.6 Å². The van der Waals surface area contributed by atoms with Gasteiger partial charge in [-0.15, -0.1) is 16.4 Å². The molecule has 1 atom stereocenters. The van der Waals surface area contributed by atoms with Crippen LogP contribution in [-0.2, 0) is 70.5 Å². The number of aromatic nitrogens is 4. The smallest absolute Gasteiger partial charge is 0.263 e. The summed E-state index contributed by atoms with van der Waals surface area (Å²) < 4.78 is 69.4. The lowest BCUT2D eigenvalue weighted by Crippen LogP contribution is -2.50. The van der Waals surface area contributed by atoms with Crippen LogP contribution in [0.3, 0.4) is 0 Å². The third-order valence-electron chi connectivity index (χ3n) is 15.1. The summed E-state index contributed by atoms with van der Waals surface area (Å²) in [6.07, 6.45) is 4.18. The van der Waals surface area contributed by atoms with E-state index in [1.54, 1.807) is 52.4 Å². The number of unbranched alkanes of at least 4 members (excludes halogenated alkanes) is 1. The zero-order valence-electron chi connectivity index (χ0n) is 51.9. The number of likely N-dealkylation sites (N-methyl/N-ethyl adjacent to an activating group) is 2. The first-order chi connectivity index (χ1) is 43.8. The number of nitrogens with one attached hydrogen (secondary N) is 2. The zero-order chi connectivity index (χ0) is 63.7. The second kappa shape index (κ2) is 38.8. The summed E-state index contributed by atoms with van der Waals surface area (Å²) in [6.45, 7) is 10.9. The molecule has 4 N–H and O–H groups in total. The lowest BCUT2D eigenvalue weighted by Gasteiger charge is -2.39. The fraction of sp³-hybridized carbons (Fsp3) is 0.492. The highest BCUT2D eigenvalue weighted by molar-refractivity contribution is 7.13. The maximum atomic E-state index is 14.3. The number of hydrogen-bond donors (Lipinski definition) is 3. The SMILES string of the molecule is CN1CCN(C(=O)Cc2csc(NC=O)n2)CC1.COc1ccc(CNC(=O)C(c2cccc(C(F)F)c2)N(C(=O)CCc2ccc(OCCCCN(C)CCOCCOCCc3cn(CCOCCOc4ccc(N)cc4)nn3)cc2)C2CCOCC2)cc1. The first-order valence-electron chi connectivity index (χ1n) is 30.6. The highest BCUT2D eigenvalue weighted by atomic mass is 32.1. The third-order valence-corrected chi connectivity index (χ3v) is 15.9. The van der Waals surface area contributed by atoms with Crippen LogP contribution in [0, 0.1) is 0 Å². The van der Waals surface area contributed by atoms with Crippen molar-refractivity contribution >= 4 is 46.3 Å². The Morgan fingerprint density at radius 2 is 1.44 bits per heavy atom. The molecule has 0 saturated carbocycles. The Bertz CT molecular complexity index is 3040. The van der Waals surface area contributed by atoms with E-state index in [0.717, 1.165) is 80.4 Å². The number of nitrogen functional groups attached to an aromatic ring is 1. The molecule has 25 heteroatoms. The maximum absolute atomic E-state index is 14.3. The summed E-state index contributed by atoms with van der Waals surface area (Å²) in [5.41, 5.74) is 9.85. The van der Waals surface area contributed by atoms with Crippen LogP contribution in [-0.4, -0.2) is 196 Å². The van der Waals surface area contributed by atoms with Gasteiger partial charge in [0.2, 0.25) is 24.1 Å². The number of thiazole rings is 1. The van der Waals surface area contributed by atoms with Gasteiger partial charge in [0.25, 0.3) is 6.43 Å². The number of hydrogen-bond acceptors (Lipinski definition) is 18. The largest absolute Gasteiger partial charge is 0.497 e. The van der Waals surface area contributed by atoms with E-state index < -0.39 is 18.4 Å². The van der Waals surface area contributed by atoms with Crippen molar-refractivity contribution in [1.82, 2.24) is 44.9 Å². The molecule has 0 radical (unpaired) electrons. The molecule has 4 amide bonds. The van der Waals surface area contributed by atoms with Crippen LogP contribution in [0.15, 0.2) is 109 Å². The summed E-state index contributed by atoms with van der Waals surface area (Å²) in [4.78, 5) is 62.9. The van der Waals surface area contributed by atoms with Gasteiger partial charge >= 0.3 is 0 Å². The summed E-state index contributed by atoms with van der Waals surface area (Å²) >= 11 is 1.33. The molecule has 2 aliphatic rings. The Hall–Kier alpha value is -7.65. The van der Waals surface area contributed by atoms with Gasteiger partial charge in [-0.2, -0.15) is 0 Å². The molecule has 90 heavy (non-hydrogen) atoms. The number of aryl methyl sites for hydroxylation is 1. The predicted molar refractivity (Wildman–Crippen MR) is 339 cm³/mol. The first kappa shape index (κ1) is 69.8. The van der Waals surface area contributed by atoms with E-state index in [9.17, 15) is 28.0 Å². The zero-order valence-corrected chi connectivity index (χ0v) is 52.7. The number of nitrogens with two attached hydrogens (primary N) is 1. The van der Waals surface area contributed by atoms with E-state index in [1.165, 1.54) is 29.5 Å². The summed E-state index contributed by atoms with van der Waals surface area (Å²) in [7, 11) is 5.71. The maximum Gasteiger partial charge on any atom is 0.263 e. The number of rotatable bonds is 37. The van der Waals surface area contributed by atoms with Crippen LogP contribution in [0.1, 0.15) is 78.2 Å². The van der Waals surface area contributed by atoms with Gasteiger partial charge in [-0.25, -0.2) is 18.4 Å². The van der Waals surface area contributed by atoms with Gasteiger partial charge in [0.1, 0.15) is 29.9 Å². The molecule has 0 spiro atoms. The fourth-order valence-electron chi connectivity index (χ4n) is 9.92. The second-order valence-corrected chi connectivity index (χ2v) is 22.7. The Kier molecular flexibility index (Phi) is 30.1. The minimum absolute atomic E-state index is 0.103. The highest BCUT2D eigenvalue weighted by Crippen LogP contribution is 2.32. The van der Waals surface area contributed by atoms with Crippen LogP contribution in [0.2, 0.25) is 0 Å². The molecular formula is C65H87F2N11O11S. The van der Waals surface area contributed by atoms with Crippen molar-refractivity contribution in [3.8, 4) is 17.2 Å². The summed E-state index contributed by atoms with van der Waals surface area (Å²) in [5.74, 6) is 1.60. The van der Waals surface area contributed by atoms with Crippen LogP contribution >= 0.6 is 11.3 Å². The number of carbonyl (C=O) groups is 4. The Morgan fingerprint density at radius 1 is 0.778 bits per heavy atom. The molecule has 1 unspecified atom stereocenters. The van der Waals surface area contributed by atoms with Crippen molar-refractivity contribution < 1.29 is 61.1 Å². The topological polar surface area (TPSA) is 240 Å². The molecule has 8 rings (SSSR count). The van der Waals surface area contributed by atoms with Crippen molar-refractivity contribution in [3.63, 3.8) is 0 Å². The van der Waals surface area contributed by atoms with E-state index >= 15 is 0 Å². The van der Waals surface area contributed by atoms with Crippen LogP contribution < -0.4 is 30.6 Å². The lowest BCUT2D eigenvalue weighted by molar-refractivity contribution is -0.146. The average Bonchev–Trinajstić information content (AvgIpc) is 2.90. The van der Waals surface area contributed by atoms with Crippen molar-refractivity contribution in [3.05, 3.63) is 142 Å². The number of carbonyl (C=O) groups excluding carboxylic acids is 4. The van der Waals surface area contributed by atoms with Crippen molar-refractivity contribution in [2.75, 3.05) is 138 Å². The quantitative estimate of drug-likeness (QED) is 0.0197. The number of benzene rings is 4. The van der Waals surface area contributed by atoms with Gasteiger partial charge in [-0.05, 0) is 124 Å². The average molecular weight is 1270 g/mol. The van der Waals surface area contributed by atoms with Crippen LogP contribution in [0.5, 0.6) is 17.2 Å². The molecule has 4 heterocycles.